The van der Waals surface area contributed by atoms with Gasteiger partial charge in [0, 0.05) is 23.6 Å². The number of rotatable bonds is 3. The second-order valence-corrected chi connectivity index (χ2v) is 6.44. The molecule has 0 fully saturated rings. The van der Waals surface area contributed by atoms with Gasteiger partial charge < -0.3 is 10.6 Å². The molecular formula is C17H22N4O. The maximum Gasteiger partial charge on any atom is 0.258 e. The first kappa shape index (κ1) is 15.9. The highest BCUT2D eigenvalue weighted by atomic mass is 16.1. The lowest BCUT2D eigenvalue weighted by molar-refractivity contribution is 0.102. The lowest BCUT2D eigenvalue weighted by Gasteiger charge is -2.20. The summed E-state index contributed by atoms with van der Waals surface area (Å²) in [7, 11) is 0. The van der Waals surface area contributed by atoms with Gasteiger partial charge in [-0.15, -0.1) is 0 Å². The molecule has 1 heterocycles. The zero-order chi connectivity index (χ0) is 16.3. The van der Waals surface area contributed by atoms with E-state index >= 15 is 0 Å². The first-order chi connectivity index (χ1) is 10.2. The van der Waals surface area contributed by atoms with Crippen molar-refractivity contribution in [3.8, 4) is 0 Å². The zero-order valence-electron chi connectivity index (χ0n) is 13.7. The average Bonchev–Trinajstić information content (AvgIpc) is 2.41. The van der Waals surface area contributed by atoms with Crippen LogP contribution in [0.1, 0.15) is 42.3 Å². The standard InChI is InChI=1S/C17H22N4O/c1-11-6-7-14(12(2)8-11)20-15(22)13-9-18-16(19-10-13)21-17(3,4)5/h6-10H,1-5H3,(H,20,22)(H,18,19,21). The molecule has 2 aromatic rings. The van der Waals surface area contributed by atoms with Gasteiger partial charge in [-0.3, -0.25) is 4.79 Å². The van der Waals surface area contributed by atoms with Crippen LogP contribution >= 0.6 is 0 Å². The molecule has 0 saturated heterocycles. The van der Waals surface area contributed by atoms with E-state index in [1.54, 1.807) is 0 Å². The normalized spacial score (nSPS) is 11.1. The van der Waals surface area contributed by atoms with E-state index in [1.165, 1.54) is 12.4 Å². The third kappa shape index (κ3) is 4.28. The third-order valence-electron chi connectivity index (χ3n) is 3.03. The Balaban J connectivity index is 2.10. The lowest BCUT2D eigenvalue weighted by atomic mass is 10.1. The number of hydrogen-bond acceptors (Lipinski definition) is 4. The van der Waals surface area contributed by atoms with Crippen LogP contribution in [0, 0.1) is 13.8 Å². The Morgan fingerprint density at radius 2 is 1.73 bits per heavy atom. The largest absolute Gasteiger partial charge is 0.350 e. The van der Waals surface area contributed by atoms with Gasteiger partial charge in [0.05, 0.1) is 5.56 Å². The first-order valence-corrected chi connectivity index (χ1v) is 7.23. The fourth-order valence-electron chi connectivity index (χ4n) is 1.99. The Morgan fingerprint density at radius 1 is 1.09 bits per heavy atom. The quantitative estimate of drug-likeness (QED) is 0.909. The predicted molar refractivity (Wildman–Crippen MR) is 89.3 cm³/mol. The number of carbonyl (C=O) groups is 1. The number of amides is 1. The van der Waals surface area contributed by atoms with Crippen molar-refractivity contribution in [3.63, 3.8) is 0 Å². The van der Waals surface area contributed by atoms with Crippen LogP contribution in [0.4, 0.5) is 11.6 Å². The second kappa shape index (κ2) is 6.13. The minimum absolute atomic E-state index is 0.122. The molecule has 2 N–H and O–H groups in total. The van der Waals surface area contributed by atoms with E-state index in [-0.39, 0.29) is 11.4 Å². The van der Waals surface area contributed by atoms with Crippen molar-refractivity contribution in [1.29, 1.82) is 0 Å². The summed E-state index contributed by atoms with van der Waals surface area (Å²) >= 11 is 0. The van der Waals surface area contributed by atoms with Crippen molar-refractivity contribution >= 4 is 17.5 Å². The molecule has 1 aromatic heterocycles. The van der Waals surface area contributed by atoms with E-state index in [0.29, 0.717) is 11.5 Å². The molecule has 22 heavy (non-hydrogen) atoms. The van der Waals surface area contributed by atoms with Gasteiger partial charge in [0.1, 0.15) is 0 Å². The fourth-order valence-corrected chi connectivity index (χ4v) is 1.99. The zero-order valence-corrected chi connectivity index (χ0v) is 13.7. The van der Waals surface area contributed by atoms with Crippen molar-refractivity contribution < 1.29 is 4.79 Å². The van der Waals surface area contributed by atoms with Crippen LogP contribution in [-0.2, 0) is 0 Å². The van der Waals surface area contributed by atoms with Gasteiger partial charge in [0.15, 0.2) is 0 Å². The third-order valence-corrected chi connectivity index (χ3v) is 3.03. The molecule has 0 spiro atoms. The van der Waals surface area contributed by atoms with Crippen molar-refractivity contribution in [2.45, 2.75) is 40.2 Å². The van der Waals surface area contributed by atoms with Gasteiger partial charge >= 0.3 is 0 Å². The van der Waals surface area contributed by atoms with Crippen molar-refractivity contribution in [3.05, 3.63) is 47.3 Å². The molecule has 5 nitrogen and oxygen atoms in total. The molecule has 1 amide bonds. The molecule has 0 aliphatic heterocycles. The van der Waals surface area contributed by atoms with Crippen LogP contribution in [-0.4, -0.2) is 21.4 Å². The minimum Gasteiger partial charge on any atom is -0.350 e. The van der Waals surface area contributed by atoms with Gasteiger partial charge in [-0.1, -0.05) is 17.7 Å². The SMILES string of the molecule is Cc1ccc(NC(=O)c2cnc(NC(C)(C)C)nc2)c(C)c1. The van der Waals surface area contributed by atoms with E-state index in [2.05, 4.69) is 20.6 Å². The number of aromatic nitrogens is 2. The van der Waals surface area contributed by atoms with Gasteiger partial charge in [-0.05, 0) is 46.2 Å². The molecule has 5 heteroatoms. The molecular weight excluding hydrogens is 276 g/mol. The first-order valence-electron chi connectivity index (χ1n) is 7.23. The Hall–Kier alpha value is -2.43. The van der Waals surface area contributed by atoms with Crippen LogP contribution in [0.25, 0.3) is 0 Å². The van der Waals surface area contributed by atoms with E-state index in [1.807, 2.05) is 52.8 Å². The summed E-state index contributed by atoms with van der Waals surface area (Å²) in [5.74, 6) is 0.296. The van der Waals surface area contributed by atoms with Gasteiger partial charge in [0.2, 0.25) is 5.95 Å². The number of nitrogens with zero attached hydrogens (tertiary/aromatic N) is 2. The number of hydrogen-bond donors (Lipinski definition) is 2. The smallest absolute Gasteiger partial charge is 0.258 e. The predicted octanol–water partition coefficient (Wildman–Crippen LogP) is 3.56. The van der Waals surface area contributed by atoms with Crippen LogP contribution in [0.2, 0.25) is 0 Å². The summed E-state index contributed by atoms with van der Waals surface area (Å²) in [5, 5.41) is 6.04. The second-order valence-electron chi connectivity index (χ2n) is 6.44. The van der Waals surface area contributed by atoms with Crippen LogP contribution in [0.5, 0.6) is 0 Å². The highest BCUT2D eigenvalue weighted by Crippen LogP contribution is 2.17. The fraction of sp³-hybridized carbons (Fsp3) is 0.353. The summed E-state index contributed by atoms with van der Waals surface area (Å²) < 4.78 is 0. The number of nitrogens with one attached hydrogen (secondary N) is 2. The summed E-state index contributed by atoms with van der Waals surface area (Å²) in [6.07, 6.45) is 3.06. The van der Waals surface area contributed by atoms with Crippen LogP contribution in [0.3, 0.4) is 0 Å². The highest BCUT2D eigenvalue weighted by molar-refractivity contribution is 6.04. The van der Waals surface area contributed by atoms with Gasteiger partial charge in [0.25, 0.3) is 5.91 Å². The summed E-state index contributed by atoms with van der Waals surface area (Å²) in [6, 6.07) is 5.90. The summed E-state index contributed by atoms with van der Waals surface area (Å²) in [5.41, 5.74) is 3.30. The average molecular weight is 298 g/mol. The van der Waals surface area contributed by atoms with Crippen molar-refractivity contribution in [2.75, 3.05) is 10.6 Å². The van der Waals surface area contributed by atoms with E-state index in [4.69, 9.17) is 0 Å². The Morgan fingerprint density at radius 3 is 2.27 bits per heavy atom. The Kier molecular flexibility index (Phi) is 4.45. The summed E-state index contributed by atoms with van der Waals surface area (Å²) in [6.45, 7) is 10.1. The number of carbonyl (C=O) groups excluding carboxylic acids is 1. The maximum absolute atomic E-state index is 12.2. The molecule has 0 aliphatic rings. The van der Waals surface area contributed by atoms with Gasteiger partial charge in [-0.25, -0.2) is 9.97 Å². The van der Waals surface area contributed by atoms with E-state index in [9.17, 15) is 4.79 Å². The molecule has 1 aromatic carbocycles. The molecule has 0 bridgehead atoms. The molecule has 0 saturated carbocycles. The monoisotopic (exact) mass is 298 g/mol. The minimum atomic E-state index is -0.214. The Labute approximate surface area is 131 Å². The van der Waals surface area contributed by atoms with Crippen LogP contribution in [0.15, 0.2) is 30.6 Å². The van der Waals surface area contributed by atoms with Crippen molar-refractivity contribution in [2.24, 2.45) is 0 Å². The lowest BCUT2D eigenvalue weighted by Crippen LogP contribution is -2.27. The van der Waals surface area contributed by atoms with Gasteiger partial charge in [-0.2, -0.15) is 0 Å². The molecule has 0 radical (unpaired) electrons. The number of anilines is 2. The molecule has 116 valence electrons. The van der Waals surface area contributed by atoms with E-state index < -0.39 is 0 Å². The van der Waals surface area contributed by atoms with Crippen LogP contribution < -0.4 is 10.6 Å². The molecule has 0 atom stereocenters. The Bertz CT molecular complexity index is 672. The van der Waals surface area contributed by atoms with E-state index in [0.717, 1.165) is 16.8 Å². The molecule has 2 rings (SSSR count). The summed E-state index contributed by atoms with van der Waals surface area (Å²) in [4.78, 5) is 20.6. The maximum atomic E-state index is 12.2. The number of benzene rings is 1. The molecule has 0 unspecified atom stereocenters. The number of aryl methyl sites for hydroxylation is 2. The highest BCUT2D eigenvalue weighted by Gasteiger charge is 2.13. The topological polar surface area (TPSA) is 66.9 Å². The molecule has 0 aliphatic carbocycles. The van der Waals surface area contributed by atoms with Crippen molar-refractivity contribution in [1.82, 2.24) is 9.97 Å².